The molecule has 0 radical (unpaired) electrons. The van der Waals surface area contributed by atoms with E-state index in [4.69, 9.17) is 4.74 Å². The van der Waals surface area contributed by atoms with Crippen molar-refractivity contribution in [1.82, 2.24) is 9.66 Å². The Kier molecular flexibility index (Phi) is 6.00. The maximum absolute atomic E-state index is 13.2. The van der Waals surface area contributed by atoms with E-state index in [1.165, 1.54) is 30.8 Å². The third-order valence-corrected chi connectivity index (χ3v) is 5.77. The Hall–Kier alpha value is -3.98. The molecule has 4 aromatic rings. The van der Waals surface area contributed by atoms with Gasteiger partial charge in [0.25, 0.3) is 11.5 Å². The number of carbonyl (C=O) groups is 2. The highest BCUT2D eigenvalue weighted by molar-refractivity contribution is 7.19. The van der Waals surface area contributed by atoms with Crippen LogP contribution >= 0.6 is 11.3 Å². The van der Waals surface area contributed by atoms with E-state index in [-0.39, 0.29) is 17.7 Å². The van der Waals surface area contributed by atoms with Crippen LogP contribution in [0.5, 0.6) is 5.75 Å². The highest BCUT2D eigenvalue weighted by Gasteiger charge is 2.18. The van der Waals surface area contributed by atoms with Crippen LogP contribution in [0.25, 0.3) is 21.3 Å². The molecule has 2 aromatic carbocycles. The van der Waals surface area contributed by atoms with Crippen molar-refractivity contribution in [2.45, 2.75) is 6.92 Å². The summed E-state index contributed by atoms with van der Waals surface area (Å²) in [7, 11) is 1.26. The van der Waals surface area contributed by atoms with Crippen LogP contribution in [0.1, 0.15) is 15.2 Å². The van der Waals surface area contributed by atoms with E-state index < -0.39 is 11.9 Å². The Morgan fingerprint density at radius 1 is 1.12 bits per heavy atom. The number of methoxy groups -OCH3 is 1. The molecule has 0 spiro atoms. The second-order valence-corrected chi connectivity index (χ2v) is 8.04. The van der Waals surface area contributed by atoms with Gasteiger partial charge in [0.15, 0.2) is 6.61 Å². The molecule has 0 aliphatic rings. The Bertz CT molecular complexity index is 1360. The number of amides is 1. The fourth-order valence-corrected chi connectivity index (χ4v) is 4.24. The number of thiophene rings is 1. The first-order valence-electron chi connectivity index (χ1n) is 9.65. The lowest BCUT2D eigenvalue weighted by Gasteiger charge is -2.10. The summed E-state index contributed by atoms with van der Waals surface area (Å²) < 4.78 is 10.9. The number of rotatable bonds is 6. The fourth-order valence-electron chi connectivity index (χ4n) is 3.24. The van der Waals surface area contributed by atoms with Crippen LogP contribution in [-0.2, 0) is 9.53 Å². The molecule has 0 aliphatic heterocycles. The Morgan fingerprint density at radius 2 is 1.91 bits per heavy atom. The lowest BCUT2D eigenvalue weighted by molar-refractivity contribution is -0.142. The molecular formula is C23H19N3O5S. The average molecular weight is 449 g/mol. The number of benzene rings is 2. The molecule has 9 heteroatoms. The Morgan fingerprint density at radius 3 is 2.66 bits per heavy atom. The average Bonchev–Trinajstić information content (AvgIpc) is 3.16. The minimum atomic E-state index is -0.536. The van der Waals surface area contributed by atoms with Gasteiger partial charge in [0.05, 0.1) is 12.5 Å². The van der Waals surface area contributed by atoms with Gasteiger partial charge in [-0.1, -0.05) is 36.4 Å². The summed E-state index contributed by atoms with van der Waals surface area (Å²) in [6.45, 7) is 1.66. The summed E-state index contributed by atoms with van der Waals surface area (Å²) in [6.07, 6.45) is 1.30. The Balaban J connectivity index is 1.64. The standard InChI is InChI=1S/C23H19N3O5S/c1-14-19(15-7-4-3-5-8-15)20-22(32-14)24-13-26(23(20)29)25-21(28)16-9-6-10-17(11-16)31-12-18(27)30-2/h3-11,13H,12H2,1-2H3,(H,25,28). The predicted molar refractivity (Wildman–Crippen MR) is 122 cm³/mol. The molecule has 0 atom stereocenters. The van der Waals surface area contributed by atoms with E-state index in [9.17, 15) is 14.4 Å². The minimum absolute atomic E-state index is 0.254. The number of hydrogen-bond acceptors (Lipinski definition) is 7. The molecule has 0 fully saturated rings. The van der Waals surface area contributed by atoms with Gasteiger partial charge in [0.1, 0.15) is 16.9 Å². The van der Waals surface area contributed by atoms with Crippen molar-refractivity contribution in [1.29, 1.82) is 0 Å². The summed E-state index contributed by atoms with van der Waals surface area (Å²) >= 11 is 1.43. The Labute approximate surface area is 187 Å². The van der Waals surface area contributed by atoms with Crippen LogP contribution in [0.4, 0.5) is 0 Å². The maximum Gasteiger partial charge on any atom is 0.343 e. The van der Waals surface area contributed by atoms with E-state index >= 15 is 0 Å². The molecule has 4 rings (SSSR count). The molecule has 0 bridgehead atoms. The maximum atomic E-state index is 13.2. The number of carbonyl (C=O) groups excluding carboxylic acids is 2. The van der Waals surface area contributed by atoms with E-state index in [1.807, 2.05) is 37.3 Å². The van der Waals surface area contributed by atoms with Gasteiger partial charge in [0, 0.05) is 16.0 Å². The quantitative estimate of drug-likeness (QED) is 0.453. The molecule has 0 aliphatic carbocycles. The van der Waals surface area contributed by atoms with Crippen molar-refractivity contribution in [3.63, 3.8) is 0 Å². The SMILES string of the molecule is COC(=O)COc1cccc(C(=O)Nn2cnc3sc(C)c(-c4ccccc4)c3c2=O)c1. The van der Waals surface area contributed by atoms with E-state index in [2.05, 4.69) is 15.1 Å². The van der Waals surface area contributed by atoms with Gasteiger partial charge < -0.3 is 9.47 Å². The fraction of sp³-hybridized carbons (Fsp3) is 0.130. The molecule has 32 heavy (non-hydrogen) atoms. The third-order valence-electron chi connectivity index (χ3n) is 4.75. The van der Waals surface area contributed by atoms with Crippen molar-refractivity contribution in [2.24, 2.45) is 0 Å². The van der Waals surface area contributed by atoms with Gasteiger partial charge in [-0.3, -0.25) is 15.0 Å². The van der Waals surface area contributed by atoms with Gasteiger partial charge in [0.2, 0.25) is 0 Å². The monoisotopic (exact) mass is 449 g/mol. The van der Waals surface area contributed by atoms with Crippen LogP contribution in [0.3, 0.4) is 0 Å². The number of ether oxygens (including phenoxy) is 2. The second kappa shape index (κ2) is 9.03. The molecule has 162 valence electrons. The summed E-state index contributed by atoms with van der Waals surface area (Å²) in [6, 6.07) is 15.9. The molecule has 2 aromatic heterocycles. The van der Waals surface area contributed by atoms with Crippen LogP contribution in [0.2, 0.25) is 0 Å². The topological polar surface area (TPSA) is 99.5 Å². The molecule has 0 saturated carbocycles. The molecule has 0 unspecified atom stereocenters. The number of aromatic nitrogens is 2. The minimum Gasteiger partial charge on any atom is -0.482 e. The molecular weight excluding hydrogens is 430 g/mol. The lowest BCUT2D eigenvalue weighted by atomic mass is 10.0. The van der Waals surface area contributed by atoms with Gasteiger partial charge >= 0.3 is 5.97 Å². The van der Waals surface area contributed by atoms with Gasteiger partial charge in [-0.2, -0.15) is 0 Å². The third kappa shape index (κ3) is 4.23. The van der Waals surface area contributed by atoms with Crippen molar-refractivity contribution < 1.29 is 19.1 Å². The zero-order valence-electron chi connectivity index (χ0n) is 17.3. The largest absolute Gasteiger partial charge is 0.482 e. The first kappa shape index (κ1) is 21.3. The van der Waals surface area contributed by atoms with Crippen LogP contribution < -0.4 is 15.7 Å². The molecule has 2 heterocycles. The highest BCUT2D eigenvalue weighted by Crippen LogP contribution is 2.35. The summed E-state index contributed by atoms with van der Waals surface area (Å²) in [5.41, 5.74) is 4.18. The van der Waals surface area contributed by atoms with Crippen molar-refractivity contribution in [3.05, 3.63) is 81.7 Å². The van der Waals surface area contributed by atoms with Crippen molar-refractivity contribution in [2.75, 3.05) is 19.1 Å². The van der Waals surface area contributed by atoms with Crippen LogP contribution in [0.15, 0.2) is 65.7 Å². The predicted octanol–water partition coefficient (Wildman–Crippen LogP) is 3.37. The first-order valence-corrected chi connectivity index (χ1v) is 10.5. The van der Waals surface area contributed by atoms with E-state index in [0.717, 1.165) is 20.7 Å². The van der Waals surface area contributed by atoms with Gasteiger partial charge in [-0.05, 0) is 30.7 Å². The van der Waals surface area contributed by atoms with Crippen molar-refractivity contribution in [3.8, 4) is 16.9 Å². The summed E-state index contributed by atoms with van der Waals surface area (Å²) in [4.78, 5) is 43.2. The van der Waals surface area contributed by atoms with Gasteiger partial charge in [-0.25, -0.2) is 14.5 Å². The number of fused-ring (bicyclic) bond motifs is 1. The smallest absolute Gasteiger partial charge is 0.343 e. The highest BCUT2D eigenvalue weighted by atomic mass is 32.1. The molecule has 1 amide bonds. The summed E-state index contributed by atoms with van der Waals surface area (Å²) in [5, 5.41) is 0.455. The number of aryl methyl sites for hydroxylation is 1. The van der Waals surface area contributed by atoms with E-state index in [1.54, 1.807) is 18.2 Å². The van der Waals surface area contributed by atoms with E-state index in [0.29, 0.717) is 16.0 Å². The number of hydrogen-bond donors (Lipinski definition) is 1. The number of nitrogens with zero attached hydrogens (tertiary/aromatic N) is 2. The summed E-state index contributed by atoms with van der Waals surface area (Å²) in [5.74, 6) is -0.736. The number of esters is 1. The van der Waals surface area contributed by atoms with Crippen LogP contribution in [0, 0.1) is 6.92 Å². The number of nitrogens with one attached hydrogen (secondary N) is 1. The lowest BCUT2D eigenvalue weighted by Crippen LogP contribution is -2.33. The first-order chi connectivity index (χ1) is 15.5. The second-order valence-electron chi connectivity index (χ2n) is 6.83. The molecule has 0 saturated heterocycles. The van der Waals surface area contributed by atoms with Crippen LogP contribution in [-0.4, -0.2) is 35.3 Å². The molecule has 1 N–H and O–H groups in total. The molecule has 8 nitrogen and oxygen atoms in total. The van der Waals surface area contributed by atoms with Crippen molar-refractivity contribution >= 4 is 33.4 Å². The van der Waals surface area contributed by atoms with Gasteiger partial charge in [-0.15, -0.1) is 11.3 Å². The zero-order valence-corrected chi connectivity index (χ0v) is 18.1. The zero-order chi connectivity index (χ0) is 22.7. The normalized spacial score (nSPS) is 10.7.